The lowest BCUT2D eigenvalue weighted by atomic mass is 10.1. The molecule has 1 atom stereocenters. The summed E-state index contributed by atoms with van der Waals surface area (Å²) in [7, 11) is 3.87. The summed E-state index contributed by atoms with van der Waals surface area (Å²) >= 11 is 14.3. The molecule has 1 unspecified atom stereocenters. The number of hydrogen-bond donors (Lipinski definition) is 1. The van der Waals surface area contributed by atoms with Crippen LogP contribution in [-0.4, -0.2) is 16.8 Å². The summed E-state index contributed by atoms with van der Waals surface area (Å²) in [6, 6.07) is 2.08. The fourth-order valence-corrected chi connectivity index (χ4v) is 3.79. The van der Waals surface area contributed by atoms with Gasteiger partial charge >= 0.3 is 0 Å². The molecule has 104 valence electrons. The molecular formula is C13H17Cl2N3S. The normalized spacial score (nSPS) is 12.9. The Hall–Kier alpha value is -0.550. The van der Waals surface area contributed by atoms with Crippen molar-refractivity contribution >= 4 is 34.5 Å². The quantitative estimate of drug-likeness (QED) is 0.907. The second-order valence-corrected chi connectivity index (χ2v) is 6.10. The van der Waals surface area contributed by atoms with Crippen LogP contribution in [0.4, 0.5) is 0 Å². The van der Waals surface area contributed by atoms with Crippen LogP contribution in [-0.2, 0) is 19.9 Å². The van der Waals surface area contributed by atoms with Gasteiger partial charge in [0.1, 0.15) is 0 Å². The van der Waals surface area contributed by atoms with E-state index in [4.69, 9.17) is 23.2 Å². The van der Waals surface area contributed by atoms with Crippen molar-refractivity contribution in [2.24, 2.45) is 7.05 Å². The molecule has 2 aromatic heterocycles. The van der Waals surface area contributed by atoms with Crippen molar-refractivity contribution in [1.82, 2.24) is 15.1 Å². The molecule has 0 saturated heterocycles. The summed E-state index contributed by atoms with van der Waals surface area (Å²) < 4.78 is 1.87. The summed E-state index contributed by atoms with van der Waals surface area (Å²) in [5, 5.41) is 11.3. The van der Waals surface area contributed by atoms with Gasteiger partial charge in [-0.05, 0) is 24.9 Å². The summed E-state index contributed by atoms with van der Waals surface area (Å²) in [5.41, 5.74) is 1.99. The van der Waals surface area contributed by atoms with Crippen LogP contribution in [0.5, 0.6) is 0 Å². The number of aryl methyl sites for hydroxylation is 2. The van der Waals surface area contributed by atoms with E-state index in [9.17, 15) is 0 Å². The molecule has 0 amide bonds. The number of rotatable bonds is 5. The van der Waals surface area contributed by atoms with Crippen LogP contribution in [0.25, 0.3) is 0 Å². The van der Waals surface area contributed by atoms with Crippen molar-refractivity contribution in [3.63, 3.8) is 0 Å². The number of likely N-dealkylation sites (N-methyl/N-ethyl adjacent to an activating group) is 1. The molecule has 0 radical (unpaired) electrons. The lowest BCUT2D eigenvalue weighted by molar-refractivity contribution is 0.569. The molecule has 0 aromatic carbocycles. The van der Waals surface area contributed by atoms with Gasteiger partial charge in [0.05, 0.1) is 21.4 Å². The van der Waals surface area contributed by atoms with Gasteiger partial charge in [-0.25, -0.2) is 0 Å². The monoisotopic (exact) mass is 317 g/mol. The second-order valence-electron chi connectivity index (χ2n) is 4.36. The second kappa shape index (κ2) is 6.27. The van der Waals surface area contributed by atoms with Crippen LogP contribution >= 0.6 is 34.5 Å². The minimum Gasteiger partial charge on any atom is -0.312 e. The first kappa shape index (κ1) is 14.9. The van der Waals surface area contributed by atoms with Crippen molar-refractivity contribution in [2.45, 2.75) is 25.8 Å². The molecule has 3 nitrogen and oxygen atoms in total. The van der Waals surface area contributed by atoms with Crippen LogP contribution in [0, 0.1) is 0 Å². The van der Waals surface area contributed by atoms with Crippen molar-refractivity contribution in [2.75, 3.05) is 7.05 Å². The number of halogens is 2. The minimum atomic E-state index is 0.158. The van der Waals surface area contributed by atoms with Crippen LogP contribution in [0.1, 0.15) is 29.2 Å². The topological polar surface area (TPSA) is 29.9 Å². The maximum absolute atomic E-state index is 6.39. The molecule has 0 fully saturated rings. The zero-order valence-electron chi connectivity index (χ0n) is 11.2. The maximum atomic E-state index is 6.39. The predicted molar refractivity (Wildman–Crippen MR) is 82.4 cm³/mol. The Morgan fingerprint density at radius 1 is 1.47 bits per heavy atom. The third-order valence-electron chi connectivity index (χ3n) is 3.21. The van der Waals surface area contributed by atoms with E-state index in [1.165, 1.54) is 0 Å². The molecule has 0 aliphatic heterocycles. The summed E-state index contributed by atoms with van der Waals surface area (Å²) in [4.78, 5) is 1.14. The van der Waals surface area contributed by atoms with Crippen LogP contribution in [0.2, 0.25) is 10.0 Å². The van der Waals surface area contributed by atoms with E-state index < -0.39 is 0 Å². The molecule has 0 aliphatic rings. The van der Waals surface area contributed by atoms with Gasteiger partial charge in [-0.1, -0.05) is 30.1 Å². The van der Waals surface area contributed by atoms with E-state index in [-0.39, 0.29) is 6.04 Å². The van der Waals surface area contributed by atoms with Crippen molar-refractivity contribution in [3.8, 4) is 0 Å². The smallest absolute Gasteiger partial charge is 0.0850 e. The van der Waals surface area contributed by atoms with E-state index >= 15 is 0 Å². The highest BCUT2D eigenvalue weighted by atomic mass is 35.5. The molecule has 1 N–H and O–H groups in total. The standard InChI is InChI=1S/C13H17Cl2N3S/c1-4-9-12(15)11(18(3)17-9)7-10(16-2)13-8(14)5-6-19-13/h5-6,10,16H,4,7H2,1-3H3. The van der Waals surface area contributed by atoms with E-state index in [2.05, 4.69) is 17.3 Å². The van der Waals surface area contributed by atoms with E-state index in [0.717, 1.165) is 39.2 Å². The van der Waals surface area contributed by atoms with E-state index in [0.29, 0.717) is 0 Å². The van der Waals surface area contributed by atoms with Gasteiger partial charge in [-0.2, -0.15) is 5.10 Å². The first-order chi connectivity index (χ1) is 9.08. The van der Waals surface area contributed by atoms with Crippen LogP contribution < -0.4 is 5.32 Å². The Morgan fingerprint density at radius 3 is 2.68 bits per heavy atom. The summed E-state index contributed by atoms with van der Waals surface area (Å²) in [6.07, 6.45) is 1.62. The Bertz CT molecular complexity index is 562. The number of hydrogen-bond acceptors (Lipinski definition) is 3. The van der Waals surface area contributed by atoms with Gasteiger partial charge in [-0.15, -0.1) is 11.3 Å². The van der Waals surface area contributed by atoms with E-state index in [1.54, 1.807) is 11.3 Å². The maximum Gasteiger partial charge on any atom is 0.0850 e. The van der Waals surface area contributed by atoms with Gasteiger partial charge in [-0.3, -0.25) is 4.68 Å². The summed E-state index contributed by atoms with van der Waals surface area (Å²) in [6.45, 7) is 2.06. The Kier molecular flexibility index (Phi) is 4.90. The Labute approximate surface area is 127 Å². The largest absolute Gasteiger partial charge is 0.312 e. The lowest BCUT2D eigenvalue weighted by Crippen LogP contribution is -2.19. The lowest BCUT2D eigenvalue weighted by Gasteiger charge is -2.15. The first-order valence-electron chi connectivity index (χ1n) is 6.18. The third kappa shape index (κ3) is 2.97. The van der Waals surface area contributed by atoms with Crippen molar-refractivity contribution < 1.29 is 0 Å². The molecule has 19 heavy (non-hydrogen) atoms. The average molecular weight is 318 g/mol. The molecular weight excluding hydrogens is 301 g/mol. The zero-order chi connectivity index (χ0) is 14.0. The van der Waals surface area contributed by atoms with Crippen molar-refractivity contribution in [1.29, 1.82) is 0 Å². The average Bonchev–Trinajstić information content (AvgIpc) is 2.93. The third-order valence-corrected chi connectivity index (χ3v) is 5.12. The molecule has 2 aromatic rings. The van der Waals surface area contributed by atoms with Gasteiger partial charge in [0, 0.05) is 24.4 Å². The molecule has 6 heteroatoms. The Balaban J connectivity index is 2.29. The van der Waals surface area contributed by atoms with E-state index in [1.807, 2.05) is 30.2 Å². The fourth-order valence-electron chi connectivity index (χ4n) is 2.11. The number of nitrogens with one attached hydrogen (secondary N) is 1. The number of thiophene rings is 1. The zero-order valence-corrected chi connectivity index (χ0v) is 13.5. The number of nitrogens with zero attached hydrogens (tertiary/aromatic N) is 2. The molecule has 0 saturated carbocycles. The number of aromatic nitrogens is 2. The molecule has 2 heterocycles. The van der Waals surface area contributed by atoms with Crippen LogP contribution in [0.3, 0.4) is 0 Å². The van der Waals surface area contributed by atoms with Gasteiger partial charge in [0.25, 0.3) is 0 Å². The fraction of sp³-hybridized carbons (Fsp3) is 0.462. The Morgan fingerprint density at radius 2 is 2.21 bits per heavy atom. The van der Waals surface area contributed by atoms with Gasteiger partial charge in [0.15, 0.2) is 0 Å². The van der Waals surface area contributed by atoms with Gasteiger partial charge < -0.3 is 5.32 Å². The predicted octanol–water partition coefficient (Wildman–Crippen LogP) is 3.85. The van der Waals surface area contributed by atoms with Gasteiger partial charge in [0.2, 0.25) is 0 Å². The molecule has 2 rings (SSSR count). The SMILES string of the molecule is CCc1nn(C)c(CC(NC)c2sccc2Cl)c1Cl. The molecule has 0 bridgehead atoms. The highest BCUT2D eigenvalue weighted by Crippen LogP contribution is 2.32. The molecule has 0 spiro atoms. The highest BCUT2D eigenvalue weighted by molar-refractivity contribution is 7.10. The van der Waals surface area contributed by atoms with Crippen LogP contribution in [0.15, 0.2) is 11.4 Å². The minimum absolute atomic E-state index is 0.158. The highest BCUT2D eigenvalue weighted by Gasteiger charge is 2.20. The van der Waals surface area contributed by atoms with Crippen molar-refractivity contribution in [3.05, 3.63) is 37.8 Å². The summed E-state index contributed by atoms with van der Waals surface area (Å²) in [5.74, 6) is 0. The molecule has 0 aliphatic carbocycles. The first-order valence-corrected chi connectivity index (χ1v) is 7.82.